The van der Waals surface area contributed by atoms with E-state index in [0.717, 1.165) is 23.6 Å². The van der Waals surface area contributed by atoms with Crippen LogP contribution in [0.2, 0.25) is 0 Å². The molecule has 0 bridgehead atoms. The van der Waals surface area contributed by atoms with E-state index in [9.17, 15) is 4.79 Å². The van der Waals surface area contributed by atoms with Crippen molar-refractivity contribution in [3.8, 4) is 16.9 Å². The van der Waals surface area contributed by atoms with E-state index in [4.69, 9.17) is 14.6 Å². The molecule has 0 saturated heterocycles. The van der Waals surface area contributed by atoms with Gasteiger partial charge >= 0.3 is 5.97 Å². The third-order valence-electron chi connectivity index (χ3n) is 6.26. The third-order valence-corrected chi connectivity index (χ3v) is 6.26. The van der Waals surface area contributed by atoms with Gasteiger partial charge in [0.1, 0.15) is 5.75 Å². The zero-order chi connectivity index (χ0) is 22.1. The Kier molecular flexibility index (Phi) is 6.09. The molecular weight excluding hydrogens is 376 g/mol. The quantitative estimate of drug-likeness (QED) is 0.464. The van der Waals surface area contributed by atoms with Crippen LogP contribution < -0.4 is 4.74 Å². The largest absolute Gasteiger partial charge is 0.478 e. The van der Waals surface area contributed by atoms with Gasteiger partial charge in [-0.2, -0.15) is 0 Å². The van der Waals surface area contributed by atoms with Crippen LogP contribution in [0.15, 0.2) is 36.4 Å². The number of fused-ring (bicyclic) bond motifs is 1. The van der Waals surface area contributed by atoms with E-state index in [-0.39, 0.29) is 17.6 Å². The predicted octanol–water partition coefficient (Wildman–Crippen LogP) is 6.09. The minimum absolute atomic E-state index is 0.0907. The van der Waals surface area contributed by atoms with Gasteiger partial charge in [-0.25, -0.2) is 4.79 Å². The number of carboxylic acid groups (broad SMARTS) is 1. The summed E-state index contributed by atoms with van der Waals surface area (Å²) in [5, 5.41) is 9.06. The van der Waals surface area contributed by atoms with Gasteiger partial charge in [0.2, 0.25) is 0 Å². The van der Waals surface area contributed by atoms with E-state index in [1.807, 2.05) is 18.2 Å². The Morgan fingerprint density at radius 3 is 2.30 bits per heavy atom. The number of para-hydroxylation sites is 1. The first-order valence-corrected chi connectivity index (χ1v) is 10.4. The minimum Gasteiger partial charge on any atom is -0.478 e. The molecule has 1 N–H and O–H groups in total. The first kappa shape index (κ1) is 22.1. The summed E-state index contributed by atoms with van der Waals surface area (Å²) in [6.07, 6.45) is 5.01. The smallest absolute Gasteiger partial charge is 0.328 e. The van der Waals surface area contributed by atoms with Crippen LogP contribution in [0, 0.1) is 6.92 Å². The summed E-state index contributed by atoms with van der Waals surface area (Å²) in [5.74, 6) is -0.361. The maximum Gasteiger partial charge on any atom is 0.328 e. The maximum atomic E-state index is 11.0. The van der Waals surface area contributed by atoms with Gasteiger partial charge in [0.05, 0.1) is 0 Å². The molecule has 0 amide bonds. The van der Waals surface area contributed by atoms with Gasteiger partial charge in [0.15, 0.2) is 6.79 Å². The molecule has 1 aliphatic rings. The van der Waals surface area contributed by atoms with Gasteiger partial charge < -0.3 is 14.6 Å². The summed E-state index contributed by atoms with van der Waals surface area (Å²) in [6.45, 7) is 11.5. The maximum absolute atomic E-state index is 11.0. The second-order valence-electron chi connectivity index (χ2n) is 9.43. The summed E-state index contributed by atoms with van der Waals surface area (Å²) < 4.78 is 11.1. The first-order chi connectivity index (χ1) is 14.1. The van der Waals surface area contributed by atoms with Crippen LogP contribution in [-0.2, 0) is 20.4 Å². The molecule has 0 fully saturated rings. The fraction of sp³-hybridized carbons (Fsp3) is 0.423. The summed E-state index contributed by atoms with van der Waals surface area (Å²) in [4.78, 5) is 11.0. The van der Waals surface area contributed by atoms with Crippen molar-refractivity contribution in [1.82, 2.24) is 0 Å². The van der Waals surface area contributed by atoms with Crippen molar-refractivity contribution in [3.05, 3.63) is 58.7 Å². The summed E-state index contributed by atoms with van der Waals surface area (Å²) >= 11 is 0. The van der Waals surface area contributed by atoms with Crippen LogP contribution in [0.1, 0.15) is 62.8 Å². The number of benzene rings is 2. The fourth-order valence-corrected chi connectivity index (χ4v) is 4.35. The highest BCUT2D eigenvalue weighted by atomic mass is 16.7. The van der Waals surface area contributed by atoms with Gasteiger partial charge in [0.25, 0.3) is 0 Å². The average Bonchev–Trinajstić information content (AvgIpc) is 2.68. The van der Waals surface area contributed by atoms with E-state index >= 15 is 0 Å². The second kappa shape index (κ2) is 8.27. The van der Waals surface area contributed by atoms with Crippen LogP contribution in [0.4, 0.5) is 0 Å². The monoisotopic (exact) mass is 408 g/mol. The van der Waals surface area contributed by atoms with Gasteiger partial charge in [-0.05, 0) is 65.0 Å². The lowest BCUT2D eigenvalue weighted by Gasteiger charge is -2.42. The molecule has 0 radical (unpaired) electrons. The Morgan fingerprint density at radius 2 is 1.70 bits per heavy atom. The van der Waals surface area contributed by atoms with E-state index in [2.05, 4.69) is 46.8 Å². The molecule has 0 heterocycles. The Labute approximate surface area is 179 Å². The Bertz CT molecular complexity index is 983. The topological polar surface area (TPSA) is 55.8 Å². The van der Waals surface area contributed by atoms with Crippen molar-refractivity contribution in [1.29, 1.82) is 0 Å². The number of ether oxygens (including phenoxy) is 2. The molecule has 30 heavy (non-hydrogen) atoms. The molecule has 0 atom stereocenters. The highest BCUT2D eigenvalue weighted by Gasteiger charge is 2.37. The summed E-state index contributed by atoms with van der Waals surface area (Å²) in [6, 6.07) is 10.5. The molecule has 1 aliphatic carbocycles. The predicted molar refractivity (Wildman–Crippen MR) is 121 cm³/mol. The minimum atomic E-state index is -0.993. The van der Waals surface area contributed by atoms with E-state index in [1.54, 1.807) is 13.2 Å². The molecule has 0 saturated carbocycles. The average molecular weight is 409 g/mol. The van der Waals surface area contributed by atoms with Crippen molar-refractivity contribution in [2.75, 3.05) is 13.9 Å². The molecule has 2 aromatic rings. The summed E-state index contributed by atoms with van der Waals surface area (Å²) in [5.41, 5.74) is 6.99. The molecule has 4 heteroatoms. The van der Waals surface area contributed by atoms with Gasteiger partial charge in [-0.1, -0.05) is 52.0 Å². The van der Waals surface area contributed by atoms with Crippen LogP contribution in [0.5, 0.6) is 5.75 Å². The Hall–Kier alpha value is -2.59. The third kappa shape index (κ3) is 4.29. The molecule has 160 valence electrons. The highest BCUT2D eigenvalue weighted by molar-refractivity contribution is 5.87. The lowest BCUT2D eigenvalue weighted by atomic mass is 9.62. The first-order valence-electron chi connectivity index (χ1n) is 10.4. The highest BCUT2D eigenvalue weighted by Crippen LogP contribution is 2.48. The van der Waals surface area contributed by atoms with Gasteiger partial charge in [0, 0.05) is 24.3 Å². The summed E-state index contributed by atoms with van der Waals surface area (Å²) in [7, 11) is 1.57. The molecule has 0 aliphatic heterocycles. The van der Waals surface area contributed by atoms with Crippen molar-refractivity contribution < 1.29 is 19.4 Å². The van der Waals surface area contributed by atoms with E-state index < -0.39 is 5.97 Å². The molecule has 3 rings (SSSR count). The SMILES string of the molecule is COCOc1c(C=CC(=O)O)cccc1-c1cc2c(cc1C)C(C)(C)CCC2(C)C. The number of aliphatic carboxylic acids is 1. The Balaban J connectivity index is 2.23. The number of hydrogen-bond acceptors (Lipinski definition) is 3. The van der Waals surface area contributed by atoms with Crippen LogP contribution in [-0.4, -0.2) is 25.0 Å². The normalized spacial score (nSPS) is 17.0. The number of carboxylic acids is 1. The second-order valence-corrected chi connectivity index (χ2v) is 9.43. The zero-order valence-corrected chi connectivity index (χ0v) is 18.8. The zero-order valence-electron chi connectivity index (χ0n) is 18.8. The van der Waals surface area contributed by atoms with Crippen molar-refractivity contribution >= 4 is 12.0 Å². The lowest BCUT2D eigenvalue weighted by Crippen LogP contribution is -2.34. The van der Waals surface area contributed by atoms with Crippen LogP contribution >= 0.6 is 0 Å². The number of hydrogen-bond donors (Lipinski definition) is 1. The Morgan fingerprint density at radius 1 is 1.07 bits per heavy atom. The van der Waals surface area contributed by atoms with Gasteiger partial charge in [-0.3, -0.25) is 0 Å². The molecule has 2 aromatic carbocycles. The molecule has 0 unspecified atom stereocenters. The van der Waals surface area contributed by atoms with Crippen molar-refractivity contribution in [2.45, 2.75) is 58.3 Å². The number of carbonyl (C=O) groups is 1. The van der Waals surface area contributed by atoms with Crippen LogP contribution in [0.3, 0.4) is 0 Å². The molecular formula is C26H32O4. The van der Waals surface area contributed by atoms with E-state index in [0.29, 0.717) is 11.3 Å². The van der Waals surface area contributed by atoms with Crippen molar-refractivity contribution in [2.24, 2.45) is 0 Å². The van der Waals surface area contributed by atoms with Gasteiger partial charge in [-0.15, -0.1) is 0 Å². The standard InChI is InChI=1S/C26H32O4/c1-17-14-21-22(26(4,5)13-12-25(21,2)3)15-20(17)19-9-7-8-18(10-11-23(27)28)24(19)30-16-29-6/h7-11,14-15H,12-13,16H2,1-6H3,(H,27,28). The number of aryl methyl sites for hydroxylation is 1. The molecule has 4 nitrogen and oxygen atoms in total. The lowest BCUT2D eigenvalue weighted by molar-refractivity contribution is -0.131. The van der Waals surface area contributed by atoms with E-state index in [1.165, 1.54) is 23.1 Å². The fourth-order valence-electron chi connectivity index (χ4n) is 4.35. The molecule has 0 aromatic heterocycles. The number of rotatable bonds is 6. The molecule has 0 spiro atoms. The number of methoxy groups -OCH3 is 1. The van der Waals surface area contributed by atoms with Crippen molar-refractivity contribution in [3.63, 3.8) is 0 Å². The van der Waals surface area contributed by atoms with Crippen LogP contribution in [0.25, 0.3) is 17.2 Å².